The summed E-state index contributed by atoms with van der Waals surface area (Å²) in [5, 5.41) is 0.742. The number of esters is 1. The van der Waals surface area contributed by atoms with E-state index in [2.05, 4.69) is 9.72 Å². The molecule has 0 saturated carbocycles. The van der Waals surface area contributed by atoms with E-state index in [1.165, 1.54) is 25.1 Å². The van der Waals surface area contributed by atoms with Crippen molar-refractivity contribution in [1.29, 1.82) is 0 Å². The van der Waals surface area contributed by atoms with Crippen LogP contribution < -0.4 is 0 Å². The summed E-state index contributed by atoms with van der Waals surface area (Å²) in [6.07, 6.45) is 2.23. The van der Waals surface area contributed by atoms with Gasteiger partial charge in [-0.15, -0.1) is 0 Å². The average molecular weight is 225 g/mol. The molecule has 1 aromatic heterocycles. The van der Waals surface area contributed by atoms with Crippen molar-refractivity contribution < 1.29 is 14.3 Å². The SMILES string of the molecule is COC(=O)CSc1ncc(C=O)cc1C. The monoisotopic (exact) mass is 225 g/mol. The van der Waals surface area contributed by atoms with Gasteiger partial charge in [0.1, 0.15) is 0 Å². The second-order valence-corrected chi connectivity index (χ2v) is 3.84. The van der Waals surface area contributed by atoms with Gasteiger partial charge >= 0.3 is 5.97 Å². The molecule has 0 fully saturated rings. The molecule has 1 heterocycles. The minimum absolute atomic E-state index is 0.227. The normalized spacial score (nSPS) is 9.73. The summed E-state index contributed by atoms with van der Waals surface area (Å²) in [5.74, 6) is -0.0641. The predicted octanol–water partition coefficient (Wildman–Crippen LogP) is 1.47. The zero-order valence-corrected chi connectivity index (χ0v) is 9.34. The van der Waals surface area contributed by atoms with Crippen LogP contribution in [0.3, 0.4) is 0 Å². The standard InChI is InChI=1S/C10H11NO3S/c1-7-3-8(5-12)4-11-10(7)15-6-9(13)14-2/h3-5H,6H2,1-2H3. The molecule has 1 rings (SSSR count). The molecular weight excluding hydrogens is 214 g/mol. The molecule has 0 bridgehead atoms. The van der Waals surface area contributed by atoms with Crippen molar-refractivity contribution in [3.63, 3.8) is 0 Å². The first-order chi connectivity index (χ1) is 7.17. The van der Waals surface area contributed by atoms with Crippen LogP contribution in [-0.2, 0) is 9.53 Å². The molecule has 0 saturated heterocycles. The quantitative estimate of drug-likeness (QED) is 0.441. The van der Waals surface area contributed by atoms with Gasteiger partial charge in [0.05, 0.1) is 17.9 Å². The van der Waals surface area contributed by atoms with Crippen LogP contribution in [0.1, 0.15) is 15.9 Å². The van der Waals surface area contributed by atoms with Crippen molar-refractivity contribution in [3.8, 4) is 0 Å². The number of rotatable bonds is 4. The number of aldehydes is 1. The molecule has 1 aromatic rings. The lowest BCUT2D eigenvalue weighted by Gasteiger charge is -2.03. The topological polar surface area (TPSA) is 56.3 Å². The number of aryl methyl sites for hydroxylation is 1. The van der Waals surface area contributed by atoms with Crippen LogP contribution in [-0.4, -0.2) is 30.1 Å². The smallest absolute Gasteiger partial charge is 0.316 e. The van der Waals surface area contributed by atoms with Gasteiger partial charge < -0.3 is 4.74 Å². The number of pyridine rings is 1. The van der Waals surface area contributed by atoms with Crippen LogP contribution in [0.2, 0.25) is 0 Å². The zero-order chi connectivity index (χ0) is 11.3. The van der Waals surface area contributed by atoms with E-state index in [1.54, 1.807) is 6.07 Å². The minimum Gasteiger partial charge on any atom is -0.468 e. The molecule has 5 heteroatoms. The maximum Gasteiger partial charge on any atom is 0.316 e. The number of nitrogens with zero attached hydrogens (tertiary/aromatic N) is 1. The zero-order valence-electron chi connectivity index (χ0n) is 8.52. The van der Waals surface area contributed by atoms with Gasteiger partial charge in [0.25, 0.3) is 0 Å². The van der Waals surface area contributed by atoms with Crippen LogP contribution in [0.25, 0.3) is 0 Å². The van der Waals surface area contributed by atoms with Crippen LogP contribution in [0.4, 0.5) is 0 Å². The third-order valence-corrected chi connectivity index (χ3v) is 2.82. The highest BCUT2D eigenvalue weighted by Crippen LogP contribution is 2.19. The summed E-state index contributed by atoms with van der Waals surface area (Å²) in [4.78, 5) is 25.4. The fraction of sp³-hybridized carbons (Fsp3) is 0.300. The van der Waals surface area contributed by atoms with E-state index in [-0.39, 0.29) is 11.7 Å². The Morgan fingerprint density at radius 2 is 2.40 bits per heavy atom. The fourth-order valence-electron chi connectivity index (χ4n) is 0.986. The molecule has 0 aliphatic heterocycles. The molecule has 80 valence electrons. The maximum atomic E-state index is 10.9. The van der Waals surface area contributed by atoms with Gasteiger partial charge in [-0.3, -0.25) is 9.59 Å². The first-order valence-electron chi connectivity index (χ1n) is 4.29. The van der Waals surface area contributed by atoms with Crippen LogP contribution in [0.5, 0.6) is 0 Å². The van der Waals surface area contributed by atoms with Crippen molar-refractivity contribution in [1.82, 2.24) is 4.98 Å². The largest absolute Gasteiger partial charge is 0.468 e. The fourth-order valence-corrected chi connectivity index (χ4v) is 1.77. The Morgan fingerprint density at radius 1 is 1.67 bits per heavy atom. The Kier molecular flexibility index (Phi) is 4.30. The van der Waals surface area contributed by atoms with E-state index in [9.17, 15) is 9.59 Å². The van der Waals surface area contributed by atoms with Crippen LogP contribution in [0.15, 0.2) is 17.3 Å². The molecule has 0 aliphatic rings. The Balaban J connectivity index is 2.70. The molecule has 0 atom stereocenters. The van der Waals surface area contributed by atoms with Gasteiger partial charge in [-0.1, -0.05) is 11.8 Å². The molecule has 0 radical (unpaired) electrons. The number of ether oxygens (including phenoxy) is 1. The van der Waals surface area contributed by atoms with Crippen molar-refractivity contribution in [2.45, 2.75) is 11.9 Å². The highest BCUT2D eigenvalue weighted by atomic mass is 32.2. The van der Waals surface area contributed by atoms with Gasteiger partial charge in [-0.25, -0.2) is 4.98 Å². The molecule has 0 unspecified atom stereocenters. The highest BCUT2D eigenvalue weighted by Gasteiger charge is 2.06. The summed E-state index contributed by atoms with van der Waals surface area (Å²) in [5.41, 5.74) is 1.42. The van der Waals surface area contributed by atoms with Gasteiger partial charge in [-0.05, 0) is 18.6 Å². The molecule has 0 amide bonds. The summed E-state index contributed by atoms with van der Waals surface area (Å²) in [6, 6.07) is 1.74. The summed E-state index contributed by atoms with van der Waals surface area (Å²) >= 11 is 1.30. The van der Waals surface area contributed by atoms with Gasteiger partial charge in [0.15, 0.2) is 6.29 Å². The summed E-state index contributed by atoms with van der Waals surface area (Å²) < 4.78 is 4.51. The van der Waals surface area contributed by atoms with E-state index in [1.807, 2.05) is 6.92 Å². The van der Waals surface area contributed by atoms with Gasteiger partial charge in [0.2, 0.25) is 0 Å². The number of aromatic nitrogens is 1. The number of carbonyl (C=O) groups excluding carboxylic acids is 2. The highest BCUT2D eigenvalue weighted by molar-refractivity contribution is 7.99. The number of hydrogen-bond donors (Lipinski definition) is 0. The van der Waals surface area contributed by atoms with Crippen molar-refractivity contribution in [2.75, 3.05) is 12.9 Å². The van der Waals surface area contributed by atoms with Crippen LogP contribution >= 0.6 is 11.8 Å². The molecule has 4 nitrogen and oxygen atoms in total. The van der Waals surface area contributed by atoms with Gasteiger partial charge in [-0.2, -0.15) is 0 Å². The lowest BCUT2D eigenvalue weighted by atomic mass is 10.2. The van der Waals surface area contributed by atoms with Crippen molar-refractivity contribution in [2.24, 2.45) is 0 Å². The summed E-state index contributed by atoms with van der Waals surface area (Å²) in [6.45, 7) is 1.85. The van der Waals surface area contributed by atoms with E-state index < -0.39 is 0 Å². The second kappa shape index (κ2) is 5.50. The second-order valence-electron chi connectivity index (χ2n) is 2.87. The molecule has 0 aromatic carbocycles. The number of methoxy groups -OCH3 is 1. The lowest BCUT2D eigenvalue weighted by Crippen LogP contribution is -2.03. The third kappa shape index (κ3) is 3.36. The molecule has 15 heavy (non-hydrogen) atoms. The number of hydrogen-bond acceptors (Lipinski definition) is 5. The maximum absolute atomic E-state index is 10.9. The summed E-state index contributed by atoms with van der Waals surface area (Å²) in [7, 11) is 1.35. The Bertz CT molecular complexity index is 379. The Labute approximate surface area is 92.0 Å². The van der Waals surface area contributed by atoms with Crippen LogP contribution in [0, 0.1) is 6.92 Å². The Hall–Kier alpha value is -1.36. The Morgan fingerprint density at radius 3 is 2.93 bits per heavy atom. The number of carbonyl (C=O) groups is 2. The molecule has 0 spiro atoms. The van der Waals surface area contributed by atoms with Gasteiger partial charge in [0, 0.05) is 11.8 Å². The first kappa shape index (κ1) is 11.7. The van der Waals surface area contributed by atoms with Crippen molar-refractivity contribution >= 4 is 24.0 Å². The first-order valence-corrected chi connectivity index (χ1v) is 5.27. The minimum atomic E-state index is -0.291. The molecule has 0 N–H and O–H groups in total. The third-order valence-electron chi connectivity index (χ3n) is 1.74. The van der Waals surface area contributed by atoms with E-state index in [0.717, 1.165) is 16.9 Å². The van der Waals surface area contributed by atoms with E-state index >= 15 is 0 Å². The van der Waals surface area contributed by atoms with E-state index in [0.29, 0.717) is 5.56 Å². The van der Waals surface area contributed by atoms with Crippen molar-refractivity contribution in [3.05, 3.63) is 23.4 Å². The molecular formula is C10H11NO3S. The average Bonchev–Trinajstić information content (AvgIpc) is 2.26. The molecule has 0 aliphatic carbocycles. The predicted molar refractivity (Wildman–Crippen MR) is 57.1 cm³/mol. The van der Waals surface area contributed by atoms with E-state index in [4.69, 9.17) is 0 Å². The number of thioether (sulfide) groups is 1. The lowest BCUT2D eigenvalue weighted by molar-refractivity contribution is -0.137.